The number of hydrogen-bond acceptors (Lipinski definition) is 6. The zero-order valence-corrected chi connectivity index (χ0v) is 21.9. The number of imidazole rings is 1. The zero-order valence-electron chi connectivity index (χ0n) is 21.2. The molecule has 1 N–H and O–H groups in total. The van der Waals surface area contributed by atoms with E-state index in [1.807, 2.05) is 18.3 Å². The first-order chi connectivity index (χ1) is 18.4. The van der Waals surface area contributed by atoms with Gasteiger partial charge in [-0.15, -0.1) is 0 Å². The lowest BCUT2D eigenvalue weighted by Crippen LogP contribution is -2.36. The molecule has 1 aromatic carbocycles. The molecule has 10 heteroatoms. The number of aryl methyl sites for hydroxylation is 1. The molecule has 8 nitrogen and oxygen atoms in total. The molecular formula is C28H32ClFN4O4. The summed E-state index contributed by atoms with van der Waals surface area (Å²) in [6.45, 7) is 4.12. The first-order valence-electron chi connectivity index (χ1n) is 13.1. The zero-order chi connectivity index (χ0) is 26.5. The molecule has 0 saturated carbocycles. The molecule has 38 heavy (non-hydrogen) atoms. The van der Waals surface area contributed by atoms with Crippen molar-refractivity contribution in [1.82, 2.24) is 19.4 Å². The van der Waals surface area contributed by atoms with Crippen molar-refractivity contribution in [3.05, 3.63) is 76.2 Å². The molecule has 0 bridgehead atoms. The summed E-state index contributed by atoms with van der Waals surface area (Å²) in [4.78, 5) is 22.8. The molecule has 1 atom stereocenters. The van der Waals surface area contributed by atoms with Crippen molar-refractivity contribution in [2.45, 2.75) is 63.8 Å². The van der Waals surface area contributed by atoms with Crippen LogP contribution in [0.4, 0.5) is 4.39 Å². The highest BCUT2D eigenvalue weighted by Gasteiger charge is 2.26. The average Bonchev–Trinajstić information content (AvgIpc) is 3.26. The number of benzene rings is 1. The highest BCUT2D eigenvalue weighted by Crippen LogP contribution is 2.29. The fourth-order valence-corrected chi connectivity index (χ4v) is 5.14. The SMILES string of the molecule is O=C(O)CCc1cnc(CN2CCC(c3cccc(OCc4ccc(Cl)cc4F)n3)CC2)n1CC1CCO1. The highest BCUT2D eigenvalue weighted by molar-refractivity contribution is 6.30. The van der Waals surface area contributed by atoms with Gasteiger partial charge in [-0.2, -0.15) is 0 Å². The van der Waals surface area contributed by atoms with Gasteiger partial charge in [-0.1, -0.05) is 23.7 Å². The van der Waals surface area contributed by atoms with E-state index in [1.165, 1.54) is 6.07 Å². The summed E-state index contributed by atoms with van der Waals surface area (Å²) in [5.74, 6) is 0.560. The molecule has 2 aromatic heterocycles. The summed E-state index contributed by atoms with van der Waals surface area (Å²) in [5, 5.41) is 9.47. The highest BCUT2D eigenvalue weighted by atomic mass is 35.5. The lowest BCUT2D eigenvalue weighted by atomic mass is 9.93. The summed E-state index contributed by atoms with van der Waals surface area (Å²) in [6, 6.07) is 10.3. The van der Waals surface area contributed by atoms with E-state index < -0.39 is 11.8 Å². The molecule has 5 rings (SSSR count). The Balaban J connectivity index is 1.17. The number of rotatable bonds is 11. The molecule has 0 aliphatic carbocycles. The average molecular weight is 543 g/mol. The van der Waals surface area contributed by atoms with Gasteiger partial charge >= 0.3 is 5.97 Å². The van der Waals surface area contributed by atoms with Crippen LogP contribution in [0.5, 0.6) is 5.88 Å². The lowest BCUT2D eigenvalue weighted by Gasteiger charge is -2.32. The predicted octanol–water partition coefficient (Wildman–Crippen LogP) is 4.84. The Morgan fingerprint density at radius 3 is 2.74 bits per heavy atom. The van der Waals surface area contributed by atoms with Gasteiger partial charge in [0.15, 0.2) is 0 Å². The van der Waals surface area contributed by atoms with Crippen LogP contribution >= 0.6 is 11.6 Å². The van der Waals surface area contributed by atoms with Crippen LogP contribution in [0.1, 0.15) is 54.4 Å². The van der Waals surface area contributed by atoms with Gasteiger partial charge in [0, 0.05) is 46.8 Å². The van der Waals surface area contributed by atoms with Gasteiger partial charge in [0.25, 0.3) is 0 Å². The van der Waals surface area contributed by atoms with Crippen molar-refractivity contribution < 1.29 is 23.8 Å². The van der Waals surface area contributed by atoms with E-state index in [9.17, 15) is 9.18 Å². The second-order valence-electron chi connectivity index (χ2n) is 9.93. The Kier molecular flexibility index (Phi) is 8.56. The number of likely N-dealkylation sites (tertiary alicyclic amines) is 1. The predicted molar refractivity (Wildman–Crippen MR) is 140 cm³/mol. The summed E-state index contributed by atoms with van der Waals surface area (Å²) in [6.07, 6.45) is 5.48. The largest absolute Gasteiger partial charge is 0.481 e. The van der Waals surface area contributed by atoms with Crippen molar-refractivity contribution in [3.8, 4) is 5.88 Å². The van der Waals surface area contributed by atoms with Gasteiger partial charge in [0.2, 0.25) is 5.88 Å². The number of aliphatic carboxylic acids is 1. The van der Waals surface area contributed by atoms with Crippen molar-refractivity contribution in [2.75, 3.05) is 19.7 Å². The van der Waals surface area contributed by atoms with Gasteiger partial charge in [-0.25, -0.2) is 14.4 Å². The van der Waals surface area contributed by atoms with Crippen LogP contribution in [0.15, 0.2) is 42.6 Å². The Labute approximate surface area is 226 Å². The molecule has 1 unspecified atom stereocenters. The number of carboxylic acid groups (broad SMARTS) is 1. The third-order valence-electron chi connectivity index (χ3n) is 7.30. The number of hydrogen-bond donors (Lipinski definition) is 1. The maximum Gasteiger partial charge on any atom is 0.303 e. The Hall–Kier alpha value is -3.01. The molecule has 0 amide bonds. The molecule has 2 saturated heterocycles. The Bertz CT molecular complexity index is 1260. The third-order valence-corrected chi connectivity index (χ3v) is 7.54. The van der Waals surface area contributed by atoms with Crippen molar-refractivity contribution in [1.29, 1.82) is 0 Å². The van der Waals surface area contributed by atoms with Gasteiger partial charge < -0.3 is 19.1 Å². The maximum atomic E-state index is 14.1. The summed E-state index contributed by atoms with van der Waals surface area (Å²) < 4.78 is 27.6. The minimum atomic E-state index is -0.804. The number of nitrogens with zero attached hydrogens (tertiary/aromatic N) is 4. The van der Waals surface area contributed by atoms with Crippen LogP contribution in [0, 0.1) is 5.82 Å². The number of pyridine rings is 1. The van der Waals surface area contributed by atoms with Gasteiger partial charge in [-0.3, -0.25) is 9.69 Å². The summed E-state index contributed by atoms with van der Waals surface area (Å²) in [7, 11) is 0. The van der Waals surface area contributed by atoms with Crippen molar-refractivity contribution >= 4 is 17.6 Å². The van der Waals surface area contributed by atoms with Crippen molar-refractivity contribution in [2.24, 2.45) is 0 Å². The molecule has 0 radical (unpaired) electrons. The molecule has 0 spiro atoms. The Morgan fingerprint density at radius 1 is 1.21 bits per heavy atom. The van der Waals surface area contributed by atoms with Crippen LogP contribution in [-0.2, 0) is 35.6 Å². The van der Waals surface area contributed by atoms with Crippen LogP contribution in [0.25, 0.3) is 0 Å². The van der Waals surface area contributed by atoms with Gasteiger partial charge in [0.05, 0.1) is 25.6 Å². The van der Waals surface area contributed by atoms with Gasteiger partial charge in [-0.05, 0) is 57.0 Å². The maximum absolute atomic E-state index is 14.1. The second-order valence-corrected chi connectivity index (χ2v) is 10.4. The van der Waals surface area contributed by atoms with E-state index >= 15 is 0 Å². The smallest absolute Gasteiger partial charge is 0.303 e. The standard InChI is InChI=1S/C28H32ClFN4O4/c29-21-5-4-20(24(30)14-21)18-38-27-3-1-2-25(32-27)19-8-11-33(12-9-19)17-26-31-15-22(6-7-28(35)36)34(26)16-23-10-13-37-23/h1-5,14-15,19,23H,6-13,16-18H2,(H,35,36). The fourth-order valence-electron chi connectivity index (χ4n) is 4.99. The first-order valence-corrected chi connectivity index (χ1v) is 13.4. The number of carbonyl (C=O) groups is 1. The van der Waals surface area contributed by atoms with Crippen LogP contribution in [0.3, 0.4) is 0 Å². The normalized spacial score (nSPS) is 18.3. The first kappa shape index (κ1) is 26.6. The lowest BCUT2D eigenvalue weighted by molar-refractivity contribution is -0.137. The summed E-state index contributed by atoms with van der Waals surface area (Å²) in [5.41, 5.74) is 2.37. The van der Waals surface area contributed by atoms with E-state index in [1.54, 1.807) is 18.2 Å². The minimum Gasteiger partial charge on any atom is -0.481 e. The number of carboxylic acids is 1. The van der Waals surface area contributed by atoms with E-state index in [0.717, 1.165) is 69.3 Å². The number of piperidine rings is 1. The number of ether oxygens (including phenoxy) is 2. The molecule has 3 aromatic rings. The number of halogens is 2. The Morgan fingerprint density at radius 2 is 2.03 bits per heavy atom. The van der Waals surface area contributed by atoms with Crippen LogP contribution in [0.2, 0.25) is 5.02 Å². The van der Waals surface area contributed by atoms with E-state index in [0.29, 0.717) is 28.8 Å². The quantitative estimate of drug-likeness (QED) is 0.371. The van der Waals surface area contributed by atoms with E-state index in [2.05, 4.69) is 14.5 Å². The number of aromatic nitrogens is 3. The second kappa shape index (κ2) is 12.2. The molecular weight excluding hydrogens is 511 g/mol. The molecule has 4 heterocycles. The molecule has 202 valence electrons. The molecule has 2 aliphatic heterocycles. The van der Waals surface area contributed by atoms with Gasteiger partial charge in [0.1, 0.15) is 18.2 Å². The van der Waals surface area contributed by atoms with E-state index in [-0.39, 0.29) is 19.1 Å². The monoisotopic (exact) mass is 542 g/mol. The molecule has 2 aliphatic rings. The van der Waals surface area contributed by atoms with E-state index in [4.69, 9.17) is 31.2 Å². The fraction of sp³-hybridized carbons (Fsp3) is 0.464. The minimum absolute atomic E-state index is 0.0882. The van der Waals surface area contributed by atoms with Crippen molar-refractivity contribution in [3.63, 3.8) is 0 Å². The third kappa shape index (κ3) is 6.70. The molecule has 2 fully saturated rings. The topological polar surface area (TPSA) is 89.7 Å². The van der Waals surface area contributed by atoms with Crippen LogP contribution in [-0.4, -0.2) is 56.3 Å². The summed E-state index contributed by atoms with van der Waals surface area (Å²) >= 11 is 5.83. The van der Waals surface area contributed by atoms with Crippen LogP contribution < -0.4 is 4.74 Å².